The number of primary amides is 1. The van der Waals surface area contributed by atoms with Gasteiger partial charge in [-0.25, -0.2) is 4.79 Å². The maximum Gasteiger partial charge on any atom is 0.490 e. The van der Waals surface area contributed by atoms with Crippen LogP contribution in [0.1, 0.15) is 5.56 Å². The minimum absolute atomic E-state index is 0.218. The van der Waals surface area contributed by atoms with Crippen LogP contribution in [-0.2, 0) is 9.59 Å². The Kier molecular flexibility index (Phi) is 7.39. The van der Waals surface area contributed by atoms with Crippen molar-refractivity contribution in [2.24, 2.45) is 16.7 Å². The lowest BCUT2D eigenvalue weighted by molar-refractivity contribution is -0.192. The Balaban J connectivity index is 0.000000445. The zero-order chi connectivity index (χ0) is 20.6. The largest absolute Gasteiger partial charge is 0.493 e. The number of nitrogens with zero attached hydrogens (tertiary/aromatic N) is 1. The molecule has 0 saturated heterocycles. The quantitative estimate of drug-likeness (QED) is 0.405. The maximum atomic E-state index is 10.9. The van der Waals surface area contributed by atoms with Gasteiger partial charge in [-0.2, -0.15) is 18.3 Å². The maximum absolute atomic E-state index is 10.9. The second-order valence-electron chi connectivity index (χ2n) is 4.91. The summed E-state index contributed by atoms with van der Waals surface area (Å²) in [5, 5.41) is 12.4. The van der Waals surface area contributed by atoms with Gasteiger partial charge in [0.25, 0.3) is 5.91 Å². The Bertz CT molecular complexity index is 853. The number of amides is 1. The minimum Gasteiger partial charge on any atom is -0.493 e. The number of ether oxygens (including phenoxy) is 2. The second kappa shape index (κ2) is 9.27. The monoisotopic (exact) mass is 387 g/mol. The van der Waals surface area contributed by atoms with Gasteiger partial charge < -0.3 is 26.2 Å². The normalized spacial score (nSPS) is 11.0. The highest BCUT2D eigenvalue weighted by Crippen LogP contribution is 2.35. The molecule has 1 amide bonds. The summed E-state index contributed by atoms with van der Waals surface area (Å²) in [6.45, 7) is -0.218. The van der Waals surface area contributed by atoms with E-state index in [1.54, 1.807) is 6.07 Å². The Morgan fingerprint density at radius 3 is 2.33 bits per heavy atom. The number of nitrogens with two attached hydrogens (primary N) is 2. The van der Waals surface area contributed by atoms with E-state index in [-0.39, 0.29) is 6.61 Å². The highest BCUT2D eigenvalue weighted by atomic mass is 19.4. The van der Waals surface area contributed by atoms with Gasteiger partial charge in [-0.1, -0.05) is 18.2 Å². The topological polar surface area (TPSA) is 137 Å². The number of benzene rings is 2. The number of carbonyl (C=O) groups excluding carboxylic acids is 1. The highest BCUT2D eigenvalue weighted by Gasteiger charge is 2.38. The van der Waals surface area contributed by atoms with Gasteiger partial charge in [0.1, 0.15) is 0 Å². The molecule has 5 N–H and O–H groups in total. The van der Waals surface area contributed by atoms with E-state index in [2.05, 4.69) is 5.10 Å². The lowest BCUT2D eigenvalue weighted by Crippen LogP contribution is -2.21. The fourth-order valence-corrected chi connectivity index (χ4v) is 1.91. The molecule has 0 atom stereocenters. The molecule has 146 valence electrons. The second-order valence-corrected chi connectivity index (χ2v) is 4.91. The third-order valence-corrected chi connectivity index (χ3v) is 3.00. The van der Waals surface area contributed by atoms with E-state index in [1.807, 2.05) is 24.3 Å². The first-order valence-electron chi connectivity index (χ1n) is 7.15. The number of rotatable bonds is 5. The van der Waals surface area contributed by atoms with Gasteiger partial charge >= 0.3 is 12.1 Å². The molecular weight excluding hydrogens is 371 g/mol. The van der Waals surface area contributed by atoms with Crippen LogP contribution in [-0.4, -0.2) is 43.1 Å². The molecule has 0 unspecified atom stereocenters. The summed E-state index contributed by atoms with van der Waals surface area (Å²) in [5.41, 5.74) is 5.93. The van der Waals surface area contributed by atoms with Crippen molar-refractivity contribution in [3.63, 3.8) is 0 Å². The van der Waals surface area contributed by atoms with Crippen LogP contribution in [0.25, 0.3) is 10.8 Å². The number of halogens is 3. The Morgan fingerprint density at radius 2 is 1.85 bits per heavy atom. The molecule has 2 aromatic carbocycles. The molecule has 2 rings (SSSR count). The number of hydrogen-bond acceptors (Lipinski definition) is 6. The van der Waals surface area contributed by atoms with Crippen molar-refractivity contribution < 1.29 is 37.3 Å². The molecule has 0 fully saturated rings. The Hall–Kier alpha value is -3.50. The number of hydrazone groups is 1. The van der Waals surface area contributed by atoms with Gasteiger partial charge in [0.2, 0.25) is 0 Å². The summed E-state index contributed by atoms with van der Waals surface area (Å²) in [6, 6.07) is 9.31. The van der Waals surface area contributed by atoms with Crippen molar-refractivity contribution in [1.82, 2.24) is 0 Å². The van der Waals surface area contributed by atoms with Gasteiger partial charge in [-0.15, -0.1) is 0 Å². The summed E-state index contributed by atoms with van der Waals surface area (Å²) in [6.07, 6.45) is -3.56. The zero-order valence-electron chi connectivity index (χ0n) is 14.0. The molecule has 27 heavy (non-hydrogen) atoms. The van der Waals surface area contributed by atoms with Gasteiger partial charge in [0, 0.05) is 5.39 Å². The molecule has 0 heterocycles. The first-order chi connectivity index (χ1) is 12.6. The van der Waals surface area contributed by atoms with E-state index >= 15 is 0 Å². The van der Waals surface area contributed by atoms with Crippen LogP contribution in [0, 0.1) is 0 Å². The standard InChI is InChI=1S/C14H15N3O3.C2HF3O2/c1-19-12-5-4-10-3-2-9(7-17-16)6-11(10)14(12)20-8-13(15)18;3-2(4,5)1(6)7/h2-7H,8,16H2,1H3,(H2,15,18);(H,6,7)/b17-7-;. The summed E-state index contributed by atoms with van der Waals surface area (Å²) in [7, 11) is 1.53. The molecule has 2 aromatic rings. The fraction of sp³-hybridized carbons (Fsp3) is 0.188. The lowest BCUT2D eigenvalue weighted by Gasteiger charge is -2.13. The highest BCUT2D eigenvalue weighted by molar-refractivity contribution is 5.95. The van der Waals surface area contributed by atoms with E-state index in [9.17, 15) is 18.0 Å². The van der Waals surface area contributed by atoms with E-state index in [0.717, 1.165) is 16.3 Å². The van der Waals surface area contributed by atoms with Gasteiger partial charge in [-0.05, 0) is 23.1 Å². The molecule has 0 aliphatic carbocycles. The average molecular weight is 387 g/mol. The molecule has 0 aromatic heterocycles. The van der Waals surface area contributed by atoms with Crippen LogP contribution in [0.4, 0.5) is 13.2 Å². The van der Waals surface area contributed by atoms with Gasteiger partial charge in [-0.3, -0.25) is 4.79 Å². The average Bonchev–Trinajstić information content (AvgIpc) is 2.59. The molecule has 0 spiro atoms. The summed E-state index contributed by atoms with van der Waals surface area (Å²) < 4.78 is 42.4. The van der Waals surface area contributed by atoms with Crippen LogP contribution < -0.4 is 21.1 Å². The number of aliphatic carboxylic acids is 1. The van der Waals surface area contributed by atoms with Crippen molar-refractivity contribution in [3.05, 3.63) is 35.9 Å². The molecular formula is C16H16F3N3O5. The molecule has 0 bridgehead atoms. The molecule has 0 aliphatic heterocycles. The number of carboxylic acids is 1. The minimum atomic E-state index is -5.08. The van der Waals surface area contributed by atoms with E-state index in [0.29, 0.717) is 11.5 Å². The van der Waals surface area contributed by atoms with Crippen molar-refractivity contribution in [3.8, 4) is 11.5 Å². The zero-order valence-corrected chi connectivity index (χ0v) is 14.0. The van der Waals surface area contributed by atoms with E-state index in [1.165, 1.54) is 13.3 Å². The van der Waals surface area contributed by atoms with Crippen LogP contribution in [0.3, 0.4) is 0 Å². The van der Waals surface area contributed by atoms with Crippen molar-refractivity contribution in [2.75, 3.05) is 13.7 Å². The third kappa shape index (κ3) is 6.38. The fourth-order valence-electron chi connectivity index (χ4n) is 1.91. The first kappa shape index (κ1) is 21.5. The number of fused-ring (bicyclic) bond motifs is 1. The molecule has 0 radical (unpaired) electrons. The molecule has 0 aliphatic rings. The Labute approximate surface area is 151 Å². The SMILES string of the molecule is COc1ccc2ccc(/C=N\N)cc2c1OCC(N)=O.O=C(O)C(F)(F)F. The van der Waals surface area contributed by atoms with E-state index < -0.39 is 18.1 Å². The van der Waals surface area contributed by atoms with Crippen molar-refractivity contribution in [1.29, 1.82) is 0 Å². The van der Waals surface area contributed by atoms with Crippen LogP contribution in [0.15, 0.2) is 35.4 Å². The number of methoxy groups -OCH3 is 1. The number of alkyl halides is 3. The van der Waals surface area contributed by atoms with E-state index in [4.69, 9.17) is 31.0 Å². The van der Waals surface area contributed by atoms with Crippen LogP contribution >= 0.6 is 0 Å². The van der Waals surface area contributed by atoms with Crippen LogP contribution in [0.5, 0.6) is 11.5 Å². The van der Waals surface area contributed by atoms with Crippen molar-refractivity contribution >= 4 is 28.9 Å². The summed E-state index contributed by atoms with van der Waals surface area (Å²) in [5.74, 6) is 2.84. The van der Waals surface area contributed by atoms with Gasteiger partial charge in [0.05, 0.1) is 13.3 Å². The predicted octanol–water partition coefficient (Wildman–Crippen LogP) is 1.64. The Morgan fingerprint density at radius 1 is 1.26 bits per heavy atom. The molecule has 11 heteroatoms. The lowest BCUT2D eigenvalue weighted by atomic mass is 10.1. The molecule has 0 saturated carbocycles. The number of hydrogen-bond donors (Lipinski definition) is 3. The summed E-state index contributed by atoms with van der Waals surface area (Å²) >= 11 is 0. The van der Waals surface area contributed by atoms with Gasteiger partial charge in [0.15, 0.2) is 18.1 Å². The summed E-state index contributed by atoms with van der Waals surface area (Å²) in [4.78, 5) is 19.8. The smallest absolute Gasteiger partial charge is 0.490 e. The third-order valence-electron chi connectivity index (χ3n) is 3.00. The van der Waals surface area contributed by atoms with Crippen LogP contribution in [0.2, 0.25) is 0 Å². The van der Waals surface area contributed by atoms with Crippen molar-refractivity contribution in [2.45, 2.75) is 6.18 Å². The first-order valence-corrected chi connectivity index (χ1v) is 7.15. The predicted molar refractivity (Wildman–Crippen MR) is 90.7 cm³/mol. The molecule has 8 nitrogen and oxygen atoms in total. The number of carboxylic acid groups (broad SMARTS) is 1. The number of carbonyl (C=O) groups is 2.